The van der Waals surface area contributed by atoms with Crippen LogP contribution in [0.4, 0.5) is 5.69 Å². The minimum absolute atomic E-state index is 0.0530. The van der Waals surface area contributed by atoms with Gasteiger partial charge in [0.25, 0.3) is 0 Å². The summed E-state index contributed by atoms with van der Waals surface area (Å²) in [7, 11) is 0. The minimum Gasteiger partial charge on any atom is -0.297 e. The second kappa shape index (κ2) is 14.8. The van der Waals surface area contributed by atoms with Gasteiger partial charge in [0.1, 0.15) is 5.84 Å². The molecule has 8 rings (SSSR count). The van der Waals surface area contributed by atoms with Crippen molar-refractivity contribution in [3.8, 4) is 11.1 Å². The van der Waals surface area contributed by atoms with Crippen LogP contribution in [0.2, 0.25) is 0 Å². The molecule has 2 heteroatoms. The summed E-state index contributed by atoms with van der Waals surface area (Å²) in [6.45, 7) is 15.9. The number of nitrogens with zero attached hydrogens (tertiary/aromatic N) is 2. The quantitative estimate of drug-likeness (QED) is 0.0848. The van der Waals surface area contributed by atoms with Gasteiger partial charge in [0.05, 0.1) is 16.7 Å². The zero-order valence-electron chi connectivity index (χ0n) is 33.4. The van der Waals surface area contributed by atoms with Crippen molar-refractivity contribution in [3.05, 3.63) is 191 Å². The van der Waals surface area contributed by atoms with Gasteiger partial charge in [-0.1, -0.05) is 168 Å². The van der Waals surface area contributed by atoms with Crippen LogP contribution >= 0.6 is 0 Å². The van der Waals surface area contributed by atoms with E-state index in [0.717, 1.165) is 24.4 Å². The lowest BCUT2D eigenvalue weighted by molar-refractivity contribution is 0.605. The molecule has 0 N–H and O–H groups in total. The number of rotatable bonds is 8. The van der Waals surface area contributed by atoms with Gasteiger partial charge in [-0.2, -0.15) is 0 Å². The minimum atomic E-state index is -0.0530. The van der Waals surface area contributed by atoms with Crippen LogP contribution in [0.15, 0.2) is 173 Å². The van der Waals surface area contributed by atoms with Crippen LogP contribution in [0.5, 0.6) is 0 Å². The lowest BCUT2D eigenvalue weighted by Crippen LogP contribution is -2.20. The van der Waals surface area contributed by atoms with Gasteiger partial charge in [-0.15, -0.1) is 0 Å². The summed E-state index contributed by atoms with van der Waals surface area (Å²) in [6.07, 6.45) is 15.4. The van der Waals surface area contributed by atoms with Gasteiger partial charge in [-0.3, -0.25) is 4.57 Å². The van der Waals surface area contributed by atoms with Gasteiger partial charge in [-0.25, -0.2) is 4.99 Å². The number of hydrogen-bond donors (Lipinski definition) is 0. The summed E-state index contributed by atoms with van der Waals surface area (Å²) in [6, 6.07) is 42.3. The standard InChI is InChI=1S/C53H52N2/c1-8-11-13-23-41-34-53(6,7)45(10-3)49(41)44-33-40-26-19-30-47-50(40)51-43(44)28-20-31-48(51)55(47)52(35(4)9-2)54-46-29-17-16-27-42(46)36(5)38-24-18-25-39(32-38)37-21-14-12-15-22-37/h8,10-32,34-36H,9,33H2,1-7H3/b11-8-,23-13-,45-10+,49-44+,54-52?. The largest absolute Gasteiger partial charge is 0.297 e. The zero-order chi connectivity index (χ0) is 38.3. The highest BCUT2D eigenvalue weighted by Gasteiger charge is 2.36. The van der Waals surface area contributed by atoms with Crippen molar-refractivity contribution >= 4 is 38.9 Å². The Morgan fingerprint density at radius 2 is 1.49 bits per heavy atom. The van der Waals surface area contributed by atoms with Crippen LogP contribution in [0.25, 0.3) is 38.5 Å². The van der Waals surface area contributed by atoms with Crippen molar-refractivity contribution in [1.29, 1.82) is 0 Å². The average Bonchev–Trinajstić information content (AvgIpc) is 3.69. The zero-order valence-corrected chi connectivity index (χ0v) is 33.4. The molecule has 0 saturated carbocycles. The van der Waals surface area contributed by atoms with Crippen LogP contribution in [-0.4, -0.2) is 10.4 Å². The monoisotopic (exact) mass is 716 g/mol. The number of para-hydroxylation sites is 1. The molecule has 0 aliphatic heterocycles. The average molecular weight is 717 g/mol. The molecule has 274 valence electrons. The van der Waals surface area contributed by atoms with E-state index in [2.05, 4.69) is 205 Å². The molecule has 0 amide bonds. The maximum absolute atomic E-state index is 5.71. The van der Waals surface area contributed by atoms with Crippen molar-refractivity contribution < 1.29 is 0 Å². The molecule has 2 atom stereocenters. The Morgan fingerprint density at radius 3 is 2.25 bits per heavy atom. The van der Waals surface area contributed by atoms with E-state index < -0.39 is 0 Å². The van der Waals surface area contributed by atoms with E-state index in [-0.39, 0.29) is 17.3 Å². The predicted molar refractivity (Wildman–Crippen MR) is 237 cm³/mol. The normalized spacial score (nSPS) is 18.7. The number of allylic oxidation sites excluding steroid dienone is 10. The van der Waals surface area contributed by atoms with E-state index in [1.54, 1.807) is 0 Å². The molecule has 5 aromatic carbocycles. The maximum Gasteiger partial charge on any atom is 0.117 e. The SMILES string of the molecule is C/C=C\C=C/C1=CC(C)(C)C(=C/C)/C1=C1\Cc2cccc3c2c2c1cccc2n3C(=Nc1ccccc1C(C)c1cccc(-c2ccccc2)c1)C(C)CC. The van der Waals surface area contributed by atoms with Gasteiger partial charge in [0.2, 0.25) is 0 Å². The third-order valence-electron chi connectivity index (χ3n) is 11.9. The lowest BCUT2D eigenvalue weighted by Gasteiger charge is -2.24. The lowest BCUT2D eigenvalue weighted by atomic mass is 9.79. The van der Waals surface area contributed by atoms with E-state index in [0.29, 0.717) is 0 Å². The smallest absolute Gasteiger partial charge is 0.117 e. The second-order valence-corrected chi connectivity index (χ2v) is 15.8. The number of hydrogen-bond acceptors (Lipinski definition) is 1. The van der Waals surface area contributed by atoms with Crippen molar-refractivity contribution in [1.82, 2.24) is 4.57 Å². The van der Waals surface area contributed by atoms with Crippen molar-refractivity contribution in [2.45, 2.75) is 67.2 Å². The Labute approximate surface area is 327 Å². The molecule has 1 aromatic heterocycles. The van der Waals surface area contributed by atoms with Crippen molar-refractivity contribution in [3.63, 3.8) is 0 Å². The number of benzene rings is 5. The molecule has 2 aliphatic carbocycles. The summed E-state index contributed by atoms with van der Waals surface area (Å²) < 4.78 is 2.49. The van der Waals surface area contributed by atoms with E-state index >= 15 is 0 Å². The molecule has 55 heavy (non-hydrogen) atoms. The van der Waals surface area contributed by atoms with Gasteiger partial charge in [0.15, 0.2) is 0 Å². The summed E-state index contributed by atoms with van der Waals surface area (Å²) in [5.41, 5.74) is 16.7. The second-order valence-electron chi connectivity index (χ2n) is 15.8. The van der Waals surface area contributed by atoms with Gasteiger partial charge < -0.3 is 0 Å². The molecule has 2 nitrogen and oxygen atoms in total. The highest BCUT2D eigenvalue weighted by Crippen LogP contribution is 2.52. The van der Waals surface area contributed by atoms with Gasteiger partial charge in [0, 0.05) is 28.0 Å². The molecular weight excluding hydrogens is 665 g/mol. The molecule has 6 aromatic rings. The fraction of sp³-hybridized carbons (Fsp3) is 0.226. The molecule has 0 radical (unpaired) electrons. The van der Waals surface area contributed by atoms with E-state index in [4.69, 9.17) is 4.99 Å². The van der Waals surface area contributed by atoms with E-state index in [9.17, 15) is 0 Å². The highest BCUT2D eigenvalue weighted by atomic mass is 15.1. The Balaban J connectivity index is 1.32. The fourth-order valence-electron chi connectivity index (χ4n) is 9.05. The first-order valence-electron chi connectivity index (χ1n) is 20.1. The topological polar surface area (TPSA) is 17.3 Å². The summed E-state index contributed by atoms with van der Waals surface area (Å²) in [5, 5.41) is 2.70. The van der Waals surface area contributed by atoms with Crippen LogP contribution in [0.1, 0.15) is 83.1 Å². The van der Waals surface area contributed by atoms with Gasteiger partial charge in [-0.05, 0) is 101 Å². The Kier molecular flexibility index (Phi) is 9.78. The summed E-state index contributed by atoms with van der Waals surface area (Å²) in [4.78, 5) is 5.71. The molecular formula is C53H52N2. The molecule has 0 fully saturated rings. The van der Waals surface area contributed by atoms with E-state index in [1.165, 1.54) is 77.5 Å². The molecule has 0 spiro atoms. The van der Waals surface area contributed by atoms with Gasteiger partial charge >= 0.3 is 0 Å². The Hall–Kier alpha value is -5.73. The number of aliphatic imine (C=N–C) groups is 1. The molecule has 1 heterocycles. The fourth-order valence-corrected chi connectivity index (χ4v) is 9.05. The van der Waals surface area contributed by atoms with E-state index in [1.807, 2.05) is 0 Å². The van der Waals surface area contributed by atoms with Crippen molar-refractivity contribution in [2.75, 3.05) is 0 Å². The first-order valence-corrected chi connectivity index (χ1v) is 20.1. The third-order valence-corrected chi connectivity index (χ3v) is 11.9. The molecule has 2 aliphatic rings. The van der Waals surface area contributed by atoms with Crippen LogP contribution < -0.4 is 0 Å². The summed E-state index contributed by atoms with van der Waals surface area (Å²) >= 11 is 0. The summed E-state index contributed by atoms with van der Waals surface area (Å²) in [5.74, 6) is 1.48. The molecule has 2 unspecified atom stereocenters. The third kappa shape index (κ3) is 6.38. The first kappa shape index (κ1) is 36.3. The first-order chi connectivity index (χ1) is 26.7. The molecule has 0 bridgehead atoms. The van der Waals surface area contributed by atoms with Crippen LogP contribution in [0, 0.1) is 11.3 Å². The predicted octanol–water partition coefficient (Wildman–Crippen LogP) is 14.6. The number of aromatic nitrogens is 1. The van der Waals surface area contributed by atoms with Crippen LogP contribution in [0.3, 0.4) is 0 Å². The highest BCUT2D eigenvalue weighted by molar-refractivity contribution is 6.21. The Bertz CT molecular complexity index is 2610. The Morgan fingerprint density at radius 1 is 0.782 bits per heavy atom. The maximum atomic E-state index is 5.71. The molecule has 0 saturated heterocycles. The van der Waals surface area contributed by atoms with Crippen LogP contribution in [-0.2, 0) is 6.42 Å². The van der Waals surface area contributed by atoms with Crippen molar-refractivity contribution in [2.24, 2.45) is 16.3 Å².